The maximum Gasteiger partial charge on any atom is 0.0817 e. The molecule has 0 saturated heterocycles. The molecule has 4 heteroatoms. The van der Waals surface area contributed by atoms with Crippen molar-refractivity contribution in [1.82, 2.24) is 9.78 Å². The van der Waals surface area contributed by atoms with Gasteiger partial charge in [0.15, 0.2) is 0 Å². The number of aryl methyl sites for hydroxylation is 1. The Morgan fingerprint density at radius 3 is 2.80 bits per heavy atom. The van der Waals surface area contributed by atoms with Crippen LogP contribution in [0.1, 0.15) is 38.8 Å². The Morgan fingerprint density at radius 2 is 2.20 bits per heavy atom. The van der Waals surface area contributed by atoms with E-state index >= 15 is 0 Å². The quantitative estimate of drug-likeness (QED) is 0.816. The third kappa shape index (κ3) is 3.50. The molecular weight excluding hydrogens is 212 g/mol. The minimum absolute atomic E-state index is 0.216. The van der Waals surface area contributed by atoms with Gasteiger partial charge in [-0.1, -0.05) is 24.9 Å². The standard InChI is InChI=1S/C11H19ClN2O/c1-3-5-9(15)6-7-11-10(12)8-13-14(11)4-2/h8-9,15H,3-7H2,1-2H3. The van der Waals surface area contributed by atoms with Gasteiger partial charge in [0.2, 0.25) is 0 Å². The molecule has 0 radical (unpaired) electrons. The maximum atomic E-state index is 9.63. The first-order chi connectivity index (χ1) is 7.19. The van der Waals surface area contributed by atoms with E-state index in [1.165, 1.54) is 0 Å². The fourth-order valence-corrected chi connectivity index (χ4v) is 1.93. The van der Waals surface area contributed by atoms with Gasteiger partial charge in [0.1, 0.15) is 0 Å². The smallest absolute Gasteiger partial charge is 0.0817 e. The third-order valence-corrected chi connectivity index (χ3v) is 2.85. The number of halogens is 1. The van der Waals surface area contributed by atoms with Gasteiger partial charge in [-0.25, -0.2) is 0 Å². The average molecular weight is 231 g/mol. The summed E-state index contributed by atoms with van der Waals surface area (Å²) in [6.07, 6.45) is 4.89. The summed E-state index contributed by atoms with van der Waals surface area (Å²) in [6.45, 7) is 4.94. The van der Waals surface area contributed by atoms with Crippen molar-refractivity contribution in [2.75, 3.05) is 0 Å². The van der Waals surface area contributed by atoms with E-state index in [0.717, 1.165) is 37.9 Å². The molecule has 0 aliphatic carbocycles. The lowest BCUT2D eigenvalue weighted by Crippen LogP contribution is -2.10. The summed E-state index contributed by atoms with van der Waals surface area (Å²) in [5.41, 5.74) is 1.04. The van der Waals surface area contributed by atoms with Crippen molar-refractivity contribution in [2.45, 2.75) is 52.2 Å². The van der Waals surface area contributed by atoms with Crippen molar-refractivity contribution in [3.8, 4) is 0 Å². The van der Waals surface area contributed by atoms with Gasteiger partial charge < -0.3 is 5.11 Å². The molecule has 1 atom stereocenters. The Labute approximate surface area is 96.1 Å². The lowest BCUT2D eigenvalue weighted by Gasteiger charge is -2.10. The number of hydrogen-bond acceptors (Lipinski definition) is 2. The lowest BCUT2D eigenvalue weighted by molar-refractivity contribution is 0.153. The summed E-state index contributed by atoms with van der Waals surface area (Å²) in [4.78, 5) is 0. The molecule has 1 aromatic rings. The second-order valence-electron chi connectivity index (χ2n) is 3.74. The lowest BCUT2D eigenvalue weighted by atomic mass is 10.1. The van der Waals surface area contributed by atoms with Crippen molar-refractivity contribution in [3.63, 3.8) is 0 Å². The summed E-state index contributed by atoms with van der Waals surface area (Å²) in [5.74, 6) is 0. The van der Waals surface area contributed by atoms with E-state index in [1.54, 1.807) is 6.20 Å². The van der Waals surface area contributed by atoms with Gasteiger partial charge in [-0.2, -0.15) is 5.10 Å². The van der Waals surface area contributed by atoms with Gasteiger partial charge >= 0.3 is 0 Å². The highest BCUT2D eigenvalue weighted by atomic mass is 35.5. The van der Waals surface area contributed by atoms with E-state index in [-0.39, 0.29) is 6.10 Å². The topological polar surface area (TPSA) is 38.1 Å². The van der Waals surface area contributed by atoms with Crippen LogP contribution in [0.5, 0.6) is 0 Å². The normalized spacial score (nSPS) is 13.1. The zero-order chi connectivity index (χ0) is 11.3. The molecule has 1 rings (SSSR count). The predicted octanol–water partition coefficient (Wildman–Crippen LogP) is 2.65. The van der Waals surface area contributed by atoms with Crippen molar-refractivity contribution in [2.24, 2.45) is 0 Å². The Bertz CT molecular complexity index is 299. The van der Waals surface area contributed by atoms with Crippen LogP contribution in [0, 0.1) is 0 Å². The first-order valence-corrected chi connectivity index (χ1v) is 5.95. The molecule has 1 unspecified atom stereocenters. The van der Waals surface area contributed by atoms with Crippen LogP contribution in [0.2, 0.25) is 5.02 Å². The summed E-state index contributed by atoms with van der Waals surface area (Å²) in [5, 5.41) is 14.5. The largest absolute Gasteiger partial charge is 0.393 e. The molecule has 86 valence electrons. The van der Waals surface area contributed by atoms with Crippen molar-refractivity contribution < 1.29 is 5.11 Å². The van der Waals surface area contributed by atoms with E-state index in [2.05, 4.69) is 12.0 Å². The summed E-state index contributed by atoms with van der Waals surface area (Å²) < 4.78 is 1.89. The van der Waals surface area contributed by atoms with Gasteiger partial charge in [-0.3, -0.25) is 4.68 Å². The van der Waals surface area contributed by atoms with E-state index in [9.17, 15) is 5.11 Å². The highest BCUT2D eigenvalue weighted by Crippen LogP contribution is 2.18. The molecule has 0 amide bonds. The number of hydrogen-bond donors (Lipinski definition) is 1. The van der Waals surface area contributed by atoms with Crippen LogP contribution < -0.4 is 0 Å². The van der Waals surface area contributed by atoms with Crippen LogP contribution in [0.3, 0.4) is 0 Å². The third-order valence-electron chi connectivity index (χ3n) is 2.53. The van der Waals surface area contributed by atoms with Crippen LogP contribution in [0.4, 0.5) is 0 Å². The molecule has 1 N–H and O–H groups in total. The summed E-state index contributed by atoms with van der Waals surface area (Å²) >= 11 is 6.02. The molecule has 0 bridgehead atoms. The highest BCUT2D eigenvalue weighted by molar-refractivity contribution is 6.31. The molecule has 1 heterocycles. The number of aliphatic hydroxyl groups excluding tert-OH is 1. The monoisotopic (exact) mass is 230 g/mol. The summed E-state index contributed by atoms with van der Waals surface area (Å²) in [7, 11) is 0. The fourth-order valence-electron chi connectivity index (χ4n) is 1.69. The zero-order valence-electron chi connectivity index (χ0n) is 9.41. The van der Waals surface area contributed by atoms with Crippen LogP contribution in [0.15, 0.2) is 6.20 Å². The predicted molar refractivity (Wildman–Crippen MR) is 62.1 cm³/mol. The molecule has 1 aromatic heterocycles. The molecular formula is C11H19ClN2O. The molecule has 0 aliphatic heterocycles. The second kappa shape index (κ2) is 6.13. The number of aliphatic hydroxyl groups is 1. The van der Waals surface area contributed by atoms with Crippen LogP contribution in [0.25, 0.3) is 0 Å². The second-order valence-corrected chi connectivity index (χ2v) is 4.14. The maximum absolute atomic E-state index is 9.63. The van der Waals surface area contributed by atoms with Gasteiger partial charge in [-0.15, -0.1) is 0 Å². The van der Waals surface area contributed by atoms with Crippen LogP contribution in [-0.4, -0.2) is 21.0 Å². The molecule has 0 saturated carbocycles. The van der Waals surface area contributed by atoms with Gasteiger partial charge in [-0.05, 0) is 26.2 Å². The molecule has 0 spiro atoms. The van der Waals surface area contributed by atoms with Crippen molar-refractivity contribution in [3.05, 3.63) is 16.9 Å². The molecule has 15 heavy (non-hydrogen) atoms. The SMILES string of the molecule is CCCC(O)CCc1c(Cl)cnn1CC. The van der Waals surface area contributed by atoms with E-state index in [0.29, 0.717) is 5.02 Å². The Hall–Kier alpha value is -0.540. The van der Waals surface area contributed by atoms with Gasteiger partial charge in [0, 0.05) is 6.54 Å². The average Bonchev–Trinajstić information content (AvgIpc) is 2.57. The number of rotatable bonds is 6. The molecule has 0 aliphatic rings. The molecule has 3 nitrogen and oxygen atoms in total. The summed E-state index contributed by atoms with van der Waals surface area (Å²) in [6, 6.07) is 0. The molecule has 0 aromatic carbocycles. The zero-order valence-corrected chi connectivity index (χ0v) is 10.2. The minimum atomic E-state index is -0.216. The van der Waals surface area contributed by atoms with Crippen LogP contribution >= 0.6 is 11.6 Å². The first kappa shape index (κ1) is 12.5. The fraction of sp³-hybridized carbons (Fsp3) is 0.727. The Morgan fingerprint density at radius 1 is 1.47 bits per heavy atom. The van der Waals surface area contributed by atoms with E-state index < -0.39 is 0 Å². The van der Waals surface area contributed by atoms with Crippen molar-refractivity contribution >= 4 is 11.6 Å². The van der Waals surface area contributed by atoms with Crippen LogP contribution in [-0.2, 0) is 13.0 Å². The number of nitrogens with zero attached hydrogens (tertiary/aromatic N) is 2. The van der Waals surface area contributed by atoms with Gasteiger partial charge in [0.25, 0.3) is 0 Å². The van der Waals surface area contributed by atoms with Gasteiger partial charge in [0.05, 0.1) is 23.0 Å². The van der Waals surface area contributed by atoms with E-state index in [4.69, 9.17) is 11.6 Å². The highest BCUT2D eigenvalue weighted by Gasteiger charge is 2.10. The Kier molecular flexibility index (Phi) is 5.12. The minimum Gasteiger partial charge on any atom is -0.393 e. The first-order valence-electron chi connectivity index (χ1n) is 5.57. The Balaban J connectivity index is 2.52. The van der Waals surface area contributed by atoms with E-state index in [1.807, 2.05) is 11.6 Å². The van der Waals surface area contributed by atoms with Crippen molar-refractivity contribution in [1.29, 1.82) is 0 Å². The number of aromatic nitrogens is 2. The molecule has 0 fully saturated rings.